The number of rotatable bonds is 2. The summed E-state index contributed by atoms with van der Waals surface area (Å²) in [5, 5.41) is 2.72. The summed E-state index contributed by atoms with van der Waals surface area (Å²) in [5.41, 5.74) is 1.96. The molecule has 0 amide bonds. The van der Waals surface area contributed by atoms with Gasteiger partial charge in [-0.15, -0.1) is 11.3 Å². The molecule has 2 aromatic rings. The van der Waals surface area contributed by atoms with E-state index in [1.807, 2.05) is 12.1 Å². The summed E-state index contributed by atoms with van der Waals surface area (Å²) in [6, 6.07) is 9.37. The van der Waals surface area contributed by atoms with Crippen LogP contribution in [0.3, 0.4) is 0 Å². The van der Waals surface area contributed by atoms with E-state index < -0.39 is 0 Å². The van der Waals surface area contributed by atoms with Gasteiger partial charge in [-0.2, -0.15) is 0 Å². The average Bonchev–Trinajstić information content (AvgIpc) is 2.86. The molecule has 0 saturated carbocycles. The Bertz CT molecular complexity index is 588. The fraction of sp³-hybridized carbons (Fsp3) is 0.267. The van der Waals surface area contributed by atoms with Crippen LogP contribution in [0.1, 0.15) is 39.6 Å². The molecular formula is C15H13ClOS. The maximum absolute atomic E-state index is 12.6. The monoisotopic (exact) mass is 276 g/mol. The molecule has 0 aliphatic heterocycles. The van der Waals surface area contributed by atoms with Crippen LogP contribution < -0.4 is 0 Å². The first-order valence-corrected chi connectivity index (χ1v) is 7.37. The van der Waals surface area contributed by atoms with Gasteiger partial charge in [0.05, 0.1) is 0 Å². The highest BCUT2D eigenvalue weighted by molar-refractivity contribution is 7.10. The second-order valence-electron chi connectivity index (χ2n) is 4.62. The molecule has 0 fully saturated rings. The molecular weight excluding hydrogens is 264 g/mol. The normalized spacial score (nSPS) is 18.4. The summed E-state index contributed by atoms with van der Waals surface area (Å²) >= 11 is 7.72. The van der Waals surface area contributed by atoms with E-state index in [0.29, 0.717) is 5.02 Å². The van der Waals surface area contributed by atoms with E-state index in [4.69, 9.17) is 11.6 Å². The summed E-state index contributed by atoms with van der Waals surface area (Å²) in [4.78, 5) is 13.9. The highest BCUT2D eigenvalue weighted by Gasteiger charge is 2.27. The van der Waals surface area contributed by atoms with Gasteiger partial charge in [0.25, 0.3) is 0 Å². The van der Waals surface area contributed by atoms with Crippen molar-refractivity contribution in [3.05, 3.63) is 56.7 Å². The third-order valence-electron chi connectivity index (χ3n) is 3.48. The lowest BCUT2D eigenvalue weighted by Gasteiger charge is -2.21. The predicted molar refractivity (Wildman–Crippen MR) is 75.8 cm³/mol. The van der Waals surface area contributed by atoms with E-state index in [1.54, 1.807) is 23.5 Å². The van der Waals surface area contributed by atoms with Crippen LogP contribution in [0.4, 0.5) is 0 Å². The van der Waals surface area contributed by atoms with Crippen molar-refractivity contribution in [2.75, 3.05) is 0 Å². The van der Waals surface area contributed by atoms with Crippen molar-refractivity contribution in [1.82, 2.24) is 0 Å². The van der Waals surface area contributed by atoms with E-state index >= 15 is 0 Å². The molecule has 18 heavy (non-hydrogen) atoms. The van der Waals surface area contributed by atoms with Crippen LogP contribution in [0.2, 0.25) is 5.02 Å². The highest BCUT2D eigenvalue weighted by Crippen LogP contribution is 2.37. The minimum atomic E-state index is 0.0264. The lowest BCUT2D eigenvalue weighted by Crippen LogP contribution is -2.17. The number of carbonyl (C=O) groups excluding carboxylic acids is 1. The van der Waals surface area contributed by atoms with Crippen LogP contribution in [0, 0.1) is 0 Å². The van der Waals surface area contributed by atoms with Crippen LogP contribution in [0.5, 0.6) is 0 Å². The zero-order chi connectivity index (χ0) is 12.5. The van der Waals surface area contributed by atoms with Crippen LogP contribution in [0.25, 0.3) is 0 Å². The Balaban J connectivity index is 1.95. The van der Waals surface area contributed by atoms with E-state index in [0.717, 1.165) is 24.8 Å². The highest BCUT2D eigenvalue weighted by atomic mass is 35.5. The molecule has 1 heterocycles. The smallest absolute Gasteiger partial charge is 0.170 e. The van der Waals surface area contributed by atoms with Gasteiger partial charge < -0.3 is 0 Å². The van der Waals surface area contributed by atoms with Crippen molar-refractivity contribution in [3.63, 3.8) is 0 Å². The van der Waals surface area contributed by atoms with Gasteiger partial charge in [-0.05, 0) is 48.4 Å². The number of benzene rings is 1. The molecule has 0 saturated heterocycles. The number of aryl methyl sites for hydroxylation is 1. The molecule has 0 bridgehead atoms. The van der Waals surface area contributed by atoms with Gasteiger partial charge in [0.1, 0.15) is 0 Å². The van der Waals surface area contributed by atoms with Crippen molar-refractivity contribution in [3.8, 4) is 0 Å². The number of carbonyl (C=O) groups is 1. The first kappa shape index (κ1) is 11.9. The molecule has 1 unspecified atom stereocenters. The van der Waals surface area contributed by atoms with Gasteiger partial charge >= 0.3 is 0 Å². The Hall–Kier alpha value is -1.12. The molecule has 0 spiro atoms. The Morgan fingerprint density at radius 1 is 1.33 bits per heavy atom. The van der Waals surface area contributed by atoms with Crippen molar-refractivity contribution >= 4 is 28.7 Å². The molecule has 1 aliphatic rings. The molecule has 1 aliphatic carbocycles. The summed E-state index contributed by atoms with van der Waals surface area (Å²) in [7, 11) is 0. The average molecular weight is 277 g/mol. The molecule has 0 radical (unpaired) electrons. The maximum atomic E-state index is 12.6. The van der Waals surface area contributed by atoms with E-state index in [9.17, 15) is 4.79 Å². The van der Waals surface area contributed by atoms with Crippen LogP contribution >= 0.6 is 22.9 Å². The largest absolute Gasteiger partial charge is 0.293 e. The van der Waals surface area contributed by atoms with Gasteiger partial charge in [-0.25, -0.2) is 0 Å². The van der Waals surface area contributed by atoms with E-state index in [1.165, 1.54) is 10.4 Å². The number of Topliss-reactive ketones (excluding diaryl/α,β-unsaturated/α-hetero) is 1. The quantitative estimate of drug-likeness (QED) is 0.727. The molecule has 3 rings (SSSR count). The molecule has 1 nitrogen and oxygen atoms in total. The summed E-state index contributed by atoms with van der Waals surface area (Å²) in [5.74, 6) is 0.232. The Kier molecular flexibility index (Phi) is 3.23. The number of thiophene rings is 1. The lowest BCUT2D eigenvalue weighted by molar-refractivity contribution is 0.0951. The maximum Gasteiger partial charge on any atom is 0.170 e. The van der Waals surface area contributed by atoms with Crippen LogP contribution in [-0.4, -0.2) is 5.78 Å². The van der Waals surface area contributed by atoms with Gasteiger partial charge in [0, 0.05) is 21.4 Å². The van der Waals surface area contributed by atoms with E-state index in [-0.39, 0.29) is 11.7 Å². The first-order chi connectivity index (χ1) is 8.75. The fourth-order valence-corrected chi connectivity index (χ4v) is 3.78. The topological polar surface area (TPSA) is 17.1 Å². The number of hydrogen-bond acceptors (Lipinski definition) is 2. The molecule has 0 N–H and O–H groups in total. The Labute approximate surface area is 115 Å². The van der Waals surface area contributed by atoms with Gasteiger partial charge in [0.2, 0.25) is 0 Å². The van der Waals surface area contributed by atoms with Gasteiger partial charge in [0.15, 0.2) is 5.78 Å². The third-order valence-corrected chi connectivity index (χ3v) is 4.71. The minimum Gasteiger partial charge on any atom is -0.293 e. The van der Waals surface area contributed by atoms with Crippen molar-refractivity contribution in [2.45, 2.75) is 25.2 Å². The van der Waals surface area contributed by atoms with Crippen molar-refractivity contribution in [2.24, 2.45) is 0 Å². The van der Waals surface area contributed by atoms with Gasteiger partial charge in [-0.3, -0.25) is 4.79 Å². The first-order valence-electron chi connectivity index (χ1n) is 6.12. The SMILES string of the molecule is O=C(c1cccc(Cl)c1)C1CCCc2sccc21. The number of halogens is 1. The number of ketones is 1. The summed E-state index contributed by atoms with van der Waals surface area (Å²) in [6.07, 6.45) is 3.17. The molecule has 3 heteroatoms. The number of fused-ring (bicyclic) bond motifs is 1. The second kappa shape index (κ2) is 4.87. The predicted octanol–water partition coefficient (Wildman–Crippen LogP) is 4.70. The van der Waals surface area contributed by atoms with Crippen LogP contribution in [-0.2, 0) is 6.42 Å². The van der Waals surface area contributed by atoms with E-state index in [2.05, 4.69) is 11.4 Å². The standard InChI is InChI=1S/C15H13ClOS/c16-11-4-1-3-10(9-11)15(17)13-5-2-6-14-12(13)7-8-18-14/h1,3-4,7-9,13H,2,5-6H2. The molecule has 1 aromatic carbocycles. The minimum absolute atomic E-state index is 0.0264. The molecule has 92 valence electrons. The molecule has 1 aromatic heterocycles. The zero-order valence-electron chi connectivity index (χ0n) is 9.86. The van der Waals surface area contributed by atoms with Crippen molar-refractivity contribution < 1.29 is 4.79 Å². The fourth-order valence-electron chi connectivity index (χ4n) is 2.60. The summed E-state index contributed by atoms with van der Waals surface area (Å²) < 4.78 is 0. The number of hydrogen-bond donors (Lipinski definition) is 0. The second-order valence-corrected chi connectivity index (χ2v) is 6.06. The van der Waals surface area contributed by atoms with Gasteiger partial charge in [-0.1, -0.05) is 23.7 Å². The Morgan fingerprint density at radius 3 is 3.06 bits per heavy atom. The summed E-state index contributed by atoms with van der Waals surface area (Å²) in [6.45, 7) is 0. The zero-order valence-corrected chi connectivity index (χ0v) is 11.4. The van der Waals surface area contributed by atoms with Crippen LogP contribution in [0.15, 0.2) is 35.7 Å². The lowest BCUT2D eigenvalue weighted by atomic mass is 9.82. The molecule has 1 atom stereocenters. The third kappa shape index (κ3) is 2.11. The Morgan fingerprint density at radius 2 is 2.22 bits per heavy atom. The van der Waals surface area contributed by atoms with Crippen molar-refractivity contribution in [1.29, 1.82) is 0 Å².